The number of fused-ring (bicyclic) bond motifs is 3. The van der Waals surface area contributed by atoms with Gasteiger partial charge in [-0.2, -0.15) is 13.2 Å². The molecule has 0 bridgehead atoms. The summed E-state index contributed by atoms with van der Waals surface area (Å²) in [7, 11) is -3.83. The lowest BCUT2D eigenvalue weighted by Gasteiger charge is -2.28. The molecule has 1 heterocycles. The highest BCUT2D eigenvalue weighted by atomic mass is 32.2. The summed E-state index contributed by atoms with van der Waals surface area (Å²) < 4.78 is 72.2. The summed E-state index contributed by atoms with van der Waals surface area (Å²) in [6.45, 7) is 0. The van der Waals surface area contributed by atoms with Crippen LogP contribution < -0.4 is 4.74 Å². The van der Waals surface area contributed by atoms with Crippen molar-refractivity contribution in [2.75, 3.05) is 5.75 Å². The first kappa shape index (κ1) is 18.6. The molecule has 0 radical (unpaired) electrons. The second-order valence-electron chi connectivity index (χ2n) is 6.52. The van der Waals surface area contributed by atoms with E-state index >= 15 is 0 Å². The molecular formula is C21H15F3O3S. The van der Waals surface area contributed by atoms with Crippen molar-refractivity contribution in [3.8, 4) is 5.75 Å². The number of halogens is 3. The molecule has 4 rings (SSSR count). The standard InChI is InChI=1S/C21H15F3O3S/c22-21(23,24)18-12-15(13-28(25,26)16-7-2-1-3-8-16)27-19-11-10-14-6-4-5-9-17(14)20(18)19/h1-12,18H,13H2/t18-/m0/s1. The molecule has 0 N–H and O–H groups in total. The minimum Gasteiger partial charge on any atom is -0.461 e. The van der Waals surface area contributed by atoms with Crippen LogP contribution in [0.25, 0.3) is 10.8 Å². The van der Waals surface area contributed by atoms with Gasteiger partial charge >= 0.3 is 6.18 Å². The Morgan fingerprint density at radius 2 is 1.57 bits per heavy atom. The largest absolute Gasteiger partial charge is 0.461 e. The second kappa shape index (κ2) is 6.67. The van der Waals surface area contributed by atoms with Gasteiger partial charge in [0.15, 0.2) is 9.84 Å². The fourth-order valence-electron chi connectivity index (χ4n) is 3.36. The van der Waals surface area contributed by atoms with Crippen molar-refractivity contribution in [3.05, 3.63) is 84.1 Å². The van der Waals surface area contributed by atoms with Crippen LogP contribution in [-0.2, 0) is 9.84 Å². The lowest BCUT2D eigenvalue weighted by Crippen LogP contribution is -2.26. The molecule has 0 unspecified atom stereocenters. The van der Waals surface area contributed by atoms with Crippen LogP contribution in [0.15, 0.2) is 83.5 Å². The number of alkyl halides is 3. The topological polar surface area (TPSA) is 43.4 Å². The Labute approximate surface area is 160 Å². The van der Waals surface area contributed by atoms with Gasteiger partial charge in [0.05, 0.1) is 4.90 Å². The van der Waals surface area contributed by atoms with Crippen molar-refractivity contribution in [2.45, 2.75) is 17.0 Å². The molecule has 28 heavy (non-hydrogen) atoms. The first-order chi connectivity index (χ1) is 13.3. The fourth-order valence-corrected chi connectivity index (χ4v) is 4.63. The van der Waals surface area contributed by atoms with Gasteiger partial charge in [0.1, 0.15) is 23.2 Å². The lowest BCUT2D eigenvalue weighted by molar-refractivity contribution is -0.140. The Balaban J connectivity index is 1.80. The van der Waals surface area contributed by atoms with E-state index in [2.05, 4.69) is 0 Å². The Morgan fingerprint density at radius 3 is 2.29 bits per heavy atom. The summed E-state index contributed by atoms with van der Waals surface area (Å²) in [5.41, 5.74) is 0.00598. The lowest BCUT2D eigenvalue weighted by atomic mass is 9.90. The van der Waals surface area contributed by atoms with E-state index in [-0.39, 0.29) is 22.0 Å². The zero-order valence-electron chi connectivity index (χ0n) is 14.5. The van der Waals surface area contributed by atoms with Crippen molar-refractivity contribution >= 4 is 20.6 Å². The monoisotopic (exact) mass is 404 g/mol. The van der Waals surface area contributed by atoms with Gasteiger partial charge in [0.25, 0.3) is 0 Å². The maximum Gasteiger partial charge on any atom is 0.399 e. The van der Waals surface area contributed by atoms with E-state index in [1.165, 1.54) is 18.2 Å². The van der Waals surface area contributed by atoms with Gasteiger partial charge in [-0.15, -0.1) is 0 Å². The summed E-state index contributed by atoms with van der Waals surface area (Å²) in [5, 5.41) is 1.09. The number of benzene rings is 3. The van der Waals surface area contributed by atoms with Crippen molar-refractivity contribution in [1.82, 2.24) is 0 Å². The third-order valence-electron chi connectivity index (χ3n) is 4.62. The number of rotatable bonds is 3. The predicted molar refractivity (Wildman–Crippen MR) is 99.9 cm³/mol. The van der Waals surface area contributed by atoms with E-state index in [1.54, 1.807) is 48.5 Å². The SMILES string of the molecule is O=S(=O)(CC1=C[C@H](C(F)(F)F)c2c(ccc3ccccc23)O1)c1ccccc1. The molecule has 0 aromatic heterocycles. The third kappa shape index (κ3) is 3.38. The Morgan fingerprint density at radius 1 is 0.893 bits per heavy atom. The number of hydrogen-bond donors (Lipinski definition) is 0. The van der Waals surface area contributed by atoms with Gasteiger partial charge in [0.2, 0.25) is 0 Å². The average Bonchev–Trinajstić information content (AvgIpc) is 2.67. The summed E-state index contributed by atoms with van der Waals surface area (Å²) >= 11 is 0. The molecule has 1 atom stereocenters. The summed E-state index contributed by atoms with van der Waals surface area (Å²) in [6, 6.07) is 17.4. The average molecular weight is 404 g/mol. The first-order valence-corrected chi connectivity index (χ1v) is 10.2. The van der Waals surface area contributed by atoms with Crippen molar-refractivity contribution in [3.63, 3.8) is 0 Å². The molecule has 3 aromatic rings. The van der Waals surface area contributed by atoms with Crippen LogP contribution in [0.2, 0.25) is 0 Å². The van der Waals surface area contributed by atoms with Gasteiger partial charge in [-0.1, -0.05) is 48.5 Å². The number of allylic oxidation sites excluding steroid dienone is 1. The van der Waals surface area contributed by atoms with Crippen molar-refractivity contribution in [2.24, 2.45) is 0 Å². The molecule has 0 fully saturated rings. The maximum absolute atomic E-state index is 13.8. The minimum absolute atomic E-state index is 0.00598. The quantitative estimate of drug-likeness (QED) is 0.600. The molecule has 1 aliphatic rings. The maximum atomic E-state index is 13.8. The number of hydrogen-bond acceptors (Lipinski definition) is 3. The molecule has 7 heteroatoms. The van der Waals surface area contributed by atoms with E-state index in [0.717, 1.165) is 6.08 Å². The minimum atomic E-state index is -4.58. The van der Waals surface area contributed by atoms with Crippen molar-refractivity contribution in [1.29, 1.82) is 0 Å². The molecule has 1 aliphatic heterocycles. The van der Waals surface area contributed by atoms with Crippen LogP contribution in [0.3, 0.4) is 0 Å². The molecule has 3 aromatic carbocycles. The Bertz CT molecular complexity index is 1170. The highest BCUT2D eigenvalue weighted by Gasteiger charge is 2.44. The smallest absolute Gasteiger partial charge is 0.399 e. The van der Waals surface area contributed by atoms with Gasteiger partial charge < -0.3 is 4.74 Å². The van der Waals surface area contributed by atoms with Crippen LogP contribution in [0.4, 0.5) is 13.2 Å². The summed E-state index contributed by atoms with van der Waals surface area (Å²) in [4.78, 5) is 0.0346. The highest BCUT2D eigenvalue weighted by Crippen LogP contribution is 2.47. The van der Waals surface area contributed by atoms with Crippen LogP contribution in [0.5, 0.6) is 5.75 Å². The van der Waals surface area contributed by atoms with E-state index < -0.39 is 27.7 Å². The predicted octanol–water partition coefficient (Wildman–Crippen LogP) is 5.24. The third-order valence-corrected chi connectivity index (χ3v) is 6.28. The normalized spacial score (nSPS) is 17.0. The van der Waals surface area contributed by atoms with E-state index in [4.69, 9.17) is 4.74 Å². The van der Waals surface area contributed by atoms with Gasteiger partial charge in [0, 0.05) is 5.56 Å². The molecule has 0 spiro atoms. The van der Waals surface area contributed by atoms with E-state index in [1.807, 2.05) is 0 Å². The molecule has 3 nitrogen and oxygen atoms in total. The van der Waals surface area contributed by atoms with Crippen LogP contribution in [0, 0.1) is 0 Å². The van der Waals surface area contributed by atoms with Crippen LogP contribution >= 0.6 is 0 Å². The Hall–Kier alpha value is -2.80. The van der Waals surface area contributed by atoms with Gasteiger partial charge in [-0.25, -0.2) is 8.42 Å². The summed E-state index contributed by atoms with van der Waals surface area (Å²) in [5.74, 6) is -2.78. The molecular weight excluding hydrogens is 389 g/mol. The molecule has 0 saturated heterocycles. The second-order valence-corrected chi connectivity index (χ2v) is 8.51. The van der Waals surface area contributed by atoms with E-state index in [9.17, 15) is 21.6 Å². The van der Waals surface area contributed by atoms with Gasteiger partial charge in [-0.05, 0) is 35.0 Å². The van der Waals surface area contributed by atoms with E-state index in [0.29, 0.717) is 10.8 Å². The fraction of sp³-hybridized carbons (Fsp3) is 0.143. The van der Waals surface area contributed by atoms with Crippen LogP contribution in [0.1, 0.15) is 11.5 Å². The zero-order chi connectivity index (χ0) is 19.9. The highest BCUT2D eigenvalue weighted by molar-refractivity contribution is 7.91. The number of ether oxygens (including phenoxy) is 1. The zero-order valence-corrected chi connectivity index (χ0v) is 15.3. The molecule has 0 aliphatic carbocycles. The Kier molecular flexibility index (Phi) is 4.42. The van der Waals surface area contributed by atoms with Crippen molar-refractivity contribution < 1.29 is 26.3 Å². The molecule has 144 valence electrons. The van der Waals surface area contributed by atoms with Gasteiger partial charge in [-0.3, -0.25) is 0 Å². The molecule has 0 saturated carbocycles. The number of sulfone groups is 1. The molecule has 0 amide bonds. The summed E-state index contributed by atoms with van der Waals surface area (Å²) in [6.07, 6.45) is -3.71. The van der Waals surface area contributed by atoms with Crippen LogP contribution in [-0.4, -0.2) is 20.3 Å². The first-order valence-electron chi connectivity index (χ1n) is 8.50.